The first-order valence-electron chi connectivity index (χ1n) is 4.97. The molecule has 4 heteroatoms. The highest BCUT2D eigenvalue weighted by atomic mass is 16.7. The van der Waals surface area contributed by atoms with E-state index >= 15 is 0 Å². The molecule has 2 heterocycles. The lowest BCUT2D eigenvalue weighted by Gasteiger charge is -2.27. The Bertz CT molecular complexity index is 266. The zero-order valence-corrected chi connectivity index (χ0v) is 8.35. The van der Waals surface area contributed by atoms with Gasteiger partial charge in [-0.1, -0.05) is 0 Å². The summed E-state index contributed by atoms with van der Waals surface area (Å²) in [5.74, 6) is 0.877. The van der Waals surface area contributed by atoms with Gasteiger partial charge in [-0.25, -0.2) is 0 Å². The third kappa shape index (κ3) is 1.82. The van der Waals surface area contributed by atoms with Gasteiger partial charge in [-0.15, -0.1) is 0 Å². The zero-order chi connectivity index (χ0) is 9.97. The first kappa shape index (κ1) is 9.71. The van der Waals surface area contributed by atoms with Crippen molar-refractivity contribution < 1.29 is 9.25 Å². The SMILES string of the molecule is CC(N)C(c1ccco1)N1CCCO1. The Hall–Kier alpha value is -0.840. The molecule has 1 fully saturated rings. The molecule has 0 saturated carbocycles. The van der Waals surface area contributed by atoms with Crippen LogP contribution in [0.1, 0.15) is 25.1 Å². The van der Waals surface area contributed by atoms with Crippen molar-refractivity contribution in [3.8, 4) is 0 Å². The molecule has 0 bridgehead atoms. The van der Waals surface area contributed by atoms with Gasteiger partial charge in [0.15, 0.2) is 0 Å². The largest absolute Gasteiger partial charge is 0.468 e. The van der Waals surface area contributed by atoms with Crippen LogP contribution in [0.5, 0.6) is 0 Å². The fourth-order valence-electron chi connectivity index (χ4n) is 1.81. The summed E-state index contributed by atoms with van der Waals surface area (Å²) in [5.41, 5.74) is 5.93. The fourth-order valence-corrected chi connectivity index (χ4v) is 1.81. The second kappa shape index (κ2) is 4.13. The number of nitrogens with zero attached hydrogens (tertiary/aromatic N) is 1. The van der Waals surface area contributed by atoms with Crippen LogP contribution in [-0.2, 0) is 4.84 Å². The third-order valence-corrected chi connectivity index (χ3v) is 2.42. The highest BCUT2D eigenvalue weighted by Crippen LogP contribution is 2.26. The highest BCUT2D eigenvalue weighted by molar-refractivity contribution is 5.06. The summed E-state index contributed by atoms with van der Waals surface area (Å²) in [6, 6.07) is 3.85. The van der Waals surface area contributed by atoms with Crippen LogP contribution in [-0.4, -0.2) is 24.3 Å². The van der Waals surface area contributed by atoms with E-state index in [-0.39, 0.29) is 12.1 Å². The maximum absolute atomic E-state index is 5.93. The van der Waals surface area contributed by atoms with Crippen LogP contribution in [0.4, 0.5) is 0 Å². The van der Waals surface area contributed by atoms with Gasteiger partial charge < -0.3 is 10.2 Å². The van der Waals surface area contributed by atoms with Crippen molar-refractivity contribution >= 4 is 0 Å². The highest BCUT2D eigenvalue weighted by Gasteiger charge is 2.29. The fraction of sp³-hybridized carbons (Fsp3) is 0.600. The predicted molar refractivity (Wildman–Crippen MR) is 52.4 cm³/mol. The number of rotatable bonds is 3. The summed E-state index contributed by atoms with van der Waals surface area (Å²) < 4.78 is 5.37. The van der Waals surface area contributed by atoms with E-state index in [9.17, 15) is 0 Å². The predicted octanol–water partition coefficient (Wildman–Crippen LogP) is 1.31. The lowest BCUT2D eigenvalue weighted by atomic mass is 10.1. The van der Waals surface area contributed by atoms with E-state index in [0.717, 1.165) is 25.3 Å². The van der Waals surface area contributed by atoms with Crippen LogP contribution < -0.4 is 5.73 Å². The van der Waals surface area contributed by atoms with Gasteiger partial charge in [0.05, 0.1) is 12.9 Å². The normalized spacial score (nSPS) is 22.4. The molecule has 1 aliphatic rings. The molecule has 1 aromatic heterocycles. The van der Waals surface area contributed by atoms with E-state index in [2.05, 4.69) is 0 Å². The maximum Gasteiger partial charge on any atom is 0.124 e. The Kier molecular flexibility index (Phi) is 2.86. The molecular formula is C10H16N2O2. The van der Waals surface area contributed by atoms with Gasteiger partial charge in [0, 0.05) is 12.6 Å². The number of hydrogen-bond acceptors (Lipinski definition) is 4. The summed E-state index contributed by atoms with van der Waals surface area (Å²) in [6.07, 6.45) is 2.73. The molecule has 0 aliphatic carbocycles. The van der Waals surface area contributed by atoms with Crippen molar-refractivity contribution in [1.82, 2.24) is 5.06 Å². The summed E-state index contributed by atoms with van der Waals surface area (Å²) in [7, 11) is 0. The van der Waals surface area contributed by atoms with Gasteiger partial charge in [-0.05, 0) is 25.5 Å². The van der Waals surface area contributed by atoms with Crippen molar-refractivity contribution in [3.63, 3.8) is 0 Å². The summed E-state index contributed by atoms with van der Waals surface area (Å²) in [5, 5.41) is 1.92. The molecule has 1 aliphatic heterocycles. The van der Waals surface area contributed by atoms with Crippen LogP contribution in [0.3, 0.4) is 0 Å². The molecule has 0 aromatic carbocycles. The van der Waals surface area contributed by atoms with Gasteiger partial charge in [0.1, 0.15) is 11.8 Å². The minimum atomic E-state index is -0.000694. The van der Waals surface area contributed by atoms with Crippen molar-refractivity contribution in [2.24, 2.45) is 5.73 Å². The minimum absolute atomic E-state index is 0.000694. The van der Waals surface area contributed by atoms with Crippen molar-refractivity contribution in [3.05, 3.63) is 24.2 Å². The van der Waals surface area contributed by atoms with Crippen LogP contribution in [0.25, 0.3) is 0 Å². The molecule has 78 valence electrons. The molecule has 14 heavy (non-hydrogen) atoms. The first-order valence-corrected chi connectivity index (χ1v) is 4.97. The van der Waals surface area contributed by atoms with Gasteiger partial charge in [-0.2, -0.15) is 5.06 Å². The van der Waals surface area contributed by atoms with Crippen molar-refractivity contribution in [2.45, 2.75) is 25.4 Å². The molecule has 4 nitrogen and oxygen atoms in total. The molecule has 1 aromatic rings. The van der Waals surface area contributed by atoms with Crippen LogP contribution >= 0.6 is 0 Å². The molecule has 2 N–H and O–H groups in total. The monoisotopic (exact) mass is 196 g/mol. The number of nitrogens with two attached hydrogens (primary N) is 1. The Morgan fingerprint density at radius 2 is 2.43 bits per heavy atom. The average Bonchev–Trinajstić information content (AvgIpc) is 2.75. The second-order valence-electron chi connectivity index (χ2n) is 3.65. The molecule has 0 radical (unpaired) electrons. The van der Waals surface area contributed by atoms with Crippen LogP contribution in [0, 0.1) is 0 Å². The van der Waals surface area contributed by atoms with E-state index in [0.29, 0.717) is 0 Å². The Morgan fingerprint density at radius 1 is 1.57 bits per heavy atom. The Labute approximate surface area is 83.6 Å². The first-order chi connectivity index (χ1) is 6.79. The van der Waals surface area contributed by atoms with E-state index in [4.69, 9.17) is 15.0 Å². The Morgan fingerprint density at radius 3 is 2.93 bits per heavy atom. The van der Waals surface area contributed by atoms with E-state index < -0.39 is 0 Å². The van der Waals surface area contributed by atoms with E-state index in [1.807, 2.05) is 24.1 Å². The van der Waals surface area contributed by atoms with Gasteiger partial charge >= 0.3 is 0 Å². The van der Waals surface area contributed by atoms with Crippen LogP contribution in [0.2, 0.25) is 0 Å². The standard InChI is InChI=1S/C10H16N2O2/c1-8(11)10(9-4-2-6-13-9)12-5-3-7-14-12/h2,4,6,8,10H,3,5,7,11H2,1H3. The number of hydrogen-bond donors (Lipinski definition) is 1. The average molecular weight is 196 g/mol. The molecule has 0 spiro atoms. The zero-order valence-electron chi connectivity index (χ0n) is 8.35. The number of hydroxylamine groups is 2. The Balaban J connectivity index is 2.15. The topological polar surface area (TPSA) is 51.6 Å². The van der Waals surface area contributed by atoms with Crippen molar-refractivity contribution in [2.75, 3.05) is 13.2 Å². The molecule has 0 amide bonds. The quantitative estimate of drug-likeness (QED) is 0.791. The van der Waals surface area contributed by atoms with Gasteiger partial charge in [0.2, 0.25) is 0 Å². The second-order valence-corrected chi connectivity index (χ2v) is 3.65. The lowest BCUT2D eigenvalue weighted by molar-refractivity contribution is -0.151. The number of furan rings is 1. The van der Waals surface area contributed by atoms with Crippen LogP contribution in [0.15, 0.2) is 22.8 Å². The molecule has 1 saturated heterocycles. The van der Waals surface area contributed by atoms with E-state index in [1.165, 1.54) is 0 Å². The molecule has 2 rings (SSSR count). The maximum atomic E-state index is 5.93. The summed E-state index contributed by atoms with van der Waals surface area (Å²) in [6.45, 7) is 3.67. The van der Waals surface area contributed by atoms with Gasteiger partial charge in [-0.3, -0.25) is 4.84 Å². The van der Waals surface area contributed by atoms with E-state index in [1.54, 1.807) is 6.26 Å². The summed E-state index contributed by atoms with van der Waals surface area (Å²) in [4.78, 5) is 5.49. The minimum Gasteiger partial charge on any atom is -0.468 e. The molecule has 2 atom stereocenters. The third-order valence-electron chi connectivity index (χ3n) is 2.42. The molecular weight excluding hydrogens is 180 g/mol. The smallest absolute Gasteiger partial charge is 0.124 e. The van der Waals surface area contributed by atoms with Crippen molar-refractivity contribution in [1.29, 1.82) is 0 Å². The van der Waals surface area contributed by atoms with Gasteiger partial charge in [0.25, 0.3) is 0 Å². The lowest BCUT2D eigenvalue weighted by Crippen LogP contribution is -2.37. The molecule has 2 unspecified atom stereocenters. The summed E-state index contributed by atoms with van der Waals surface area (Å²) >= 11 is 0.